The van der Waals surface area contributed by atoms with Gasteiger partial charge >= 0.3 is 0 Å². The first-order chi connectivity index (χ1) is 8.88. The summed E-state index contributed by atoms with van der Waals surface area (Å²) in [5.41, 5.74) is 1.41. The smallest absolute Gasteiger partial charge is 0.110 e. The lowest BCUT2D eigenvalue weighted by Crippen LogP contribution is -2.28. The fraction of sp³-hybridized carbons (Fsp3) is 0.786. The van der Waals surface area contributed by atoms with Gasteiger partial charge in [-0.3, -0.25) is 0 Å². The van der Waals surface area contributed by atoms with E-state index in [0.717, 1.165) is 12.5 Å². The third-order valence-electron chi connectivity index (χ3n) is 3.99. The summed E-state index contributed by atoms with van der Waals surface area (Å²) in [5.74, 6) is 3.43. The summed E-state index contributed by atoms with van der Waals surface area (Å²) < 4.78 is 0. The molecule has 3 rings (SSSR count). The molecular weight excluding hydrogens is 260 g/mol. The quantitative estimate of drug-likeness (QED) is 0.916. The topological polar surface area (TPSA) is 24.9 Å². The summed E-state index contributed by atoms with van der Waals surface area (Å²) in [6.45, 7) is 3.26. The highest BCUT2D eigenvalue weighted by Crippen LogP contribution is 2.38. The Hall–Kier alpha value is -0.0600. The zero-order chi connectivity index (χ0) is 12.4. The van der Waals surface area contributed by atoms with Gasteiger partial charge in [0.05, 0.1) is 11.7 Å². The first-order valence-electron chi connectivity index (χ1n) is 7.18. The van der Waals surface area contributed by atoms with Crippen LogP contribution in [0.5, 0.6) is 0 Å². The molecule has 100 valence electrons. The average Bonchev–Trinajstić information content (AvgIpc) is 3.04. The van der Waals surface area contributed by atoms with Crippen molar-refractivity contribution in [2.75, 3.05) is 18.1 Å². The molecule has 2 unspecified atom stereocenters. The lowest BCUT2D eigenvalue weighted by atomic mass is 9.99. The molecule has 2 aliphatic rings. The molecule has 0 saturated carbocycles. The van der Waals surface area contributed by atoms with Gasteiger partial charge in [0.2, 0.25) is 0 Å². The number of fused-ring (bicyclic) bond motifs is 1. The van der Waals surface area contributed by atoms with E-state index in [-0.39, 0.29) is 0 Å². The number of aryl methyl sites for hydroxylation is 2. The molecule has 2 heterocycles. The summed E-state index contributed by atoms with van der Waals surface area (Å²) >= 11 is 4.09. The van der Waals surface area contributed by atoms with Crippen LogP contribution in [0, 0.1) is 5.92 Å². The highest BCUT2D eigenvalue weighted by atomic mass is 32.2. The normalized spacial score (nSPS) is 25.1. The van der Waals surface area contributed by atoms with Gasteiger partial charge in [-0.25, -0.2) is 4.98 Å². The van der Waals surface area contributed by atoms with Crippen LogP contribution in [0.25, 0.3) is 0 Å². The van der Waals surface area contributed by atoms with Gasteiger partial charge in [-0.15, -0.1) is 11.3 Å². The van der Waals surface area contributed by atoms with Gasteiger partial charge in [-0.2, -0.15) is 11.8 Å². The number of nitrogens with one attached hydrogen (secondary N) is 1. The summed E-state index contributed by atoms with van der Waals surface area (Å²) in [4.78, 5) is 6.53. The predicted octanol–water partition coefficient (Wildman–Crippen LogP) is 3.43. The second-order valence-corrected chi connectivity index (χ2v) is 7.55. The van der Waals surface area contributed by atoms with Gasteiger partial charge in [0.25, 0.3) is 0 Å². The fourth-order valence-corrected chi connectivity index (χ4v) is 5.62. The predicted molar refractivity (Wildman–Crippen MR) is 80.6 cm³/mol. The SMILES string of the molecule is CCNC(c1nc2c(s1)CCCC2)C1CCSC1. The van der Waals surface area contributed by atoms with Crippen molar-refractivity contribution in [2.24, 2.45) is 5.92 Å². The number of thiazole rings is 1. The number of aromatic nitrogens is 1. The molecule has 2 atom stereocenters. The summed E-state index contributed by atoms with van der Waals surface area (Å²) in [6, 6.07) is 0.514. The van der Waals surface area contributed by atoms with E-state index in [1.54, 1.807) is 4.88 Å². The highest BCUT2D eigenvalue weighted by molar-refractivity contribution is 7.99. The van der Waals surface area contributed by atoms with Gasteiger partial charge in [0.1, 0.15) is 5.01 Å². The number of nitrogens with zero attached hydrogens (tertiary/aromatic N) is 1. The zero-order valence-electron chi connectivity index (χ0n) is 11.1. The second-order valence-electron chi connectivity index (χ2n) is 5.29. The summed E-state index contributed by atoms with van der Waals surface area (Å²) in [5, 5.41) is 5.06. The first-order valence-corrected chi connectivity index (χ1v) is 9.15. The molecule has 18 heavy (non-hydrogen) atoms. The largest absolute Gasteiger partial charge is 0.308 e. The van der Waals surface area contributed by atoms with Crippen molar-refractivity contribution < 1.29 is 0 Å². The first kappa shape index (κ1) is 12.9. The molecule has 1 aromatic heterocycles. The van der Waals surface area contributed by atoms with E-state index in [2.05, 4.69) is 24.0 Å². The van der Waals surface area contributed by atoms with Gasteiger partial charge in [-0.05, 0) is 56.1 Å². The van der Waals surface area contributed by atoms with Gasteiger partial charge in [0, 0.05) is 4.88 Å². The van der Waals surface area contributed by atoms with Crippen LogP contribution in [-0.2, 0) is 12.8 Å². The van der Waals surface area contributed by atoms with Crippen LogP contribution >= 0.6 is 23.1 Å². The molecule has 2 nitrogen and oxygen atoms in total. The molecule has 1 N–H and O–H groups in total. The molecule has 0 aromatic carbocycles. The second kappa shape index (κ2) is 5.93. The van der Waals surface area contributed by atoms with E-state index in [1.807, 2.05) is 11.3 Å². The van der Waals surface area contributed by atoms with Crippen LogP contribution in [0.4, 0.5) is 0 Å². The van der Waals surface area contributed by atoms with Crippen LogP contribution in [0.1, 0.15) is 47.8 Å². The maximum absolute atomic E-state index is 4.96. The Morgan fingerprint density at radius 3 is 3.00 bits per heavy atom. The maximum atomic E-state index is 4.96. The molecule has 1 fully saturated rings. The minimum atomic E-state index is 0.514. The lowest BCUT2D eigenvalue weighted by Gasteiger charge is -2.21. The van der Waals surface area contributed by atoms with E-state index >= 15 is 0 Å². The third kappa shape index (κ3) is 2.61. The molecular formula is C14H22N2S2. The Balaban J connectivity index is 1.82. The Bertz CT molecular complexity index is 373. The lowest BCUT2D eigenvalue weighted by molar-refractivity contribution is 0.399. The fourth-order valence-electron chi connectivity index (χ4n) is 3.00. The molecule has 0 radical (unpaired) electrons. The molecule has 1 saturated heterocycles. The molecule has 1 aromatic rings. The van der Waals surface area contributed by atoms with E-state index < -0.39 is 0 Å². The molecule has 4 heteroatoms. The molecule has 1 aliphatic heterocycles. The minimum Gasteiger partial charge on any atom is -0.308 e. The van der Waals surface area contributed by atoms with Crippen molar-refractivity contribution >= 4 is 23.1 Å². The van der Waals surface area contributed by atoms with E-state index in [4.69, 9.17) is 4.98 Å². The van der Waals surface area contributed by atoms with E-state index in [1.165, 1.54) is 54.3 Å². The number of hydrogen-bond donors (Lipinski definition) is 1. The van der Waals surface area contributed by atoms with Crippen LogP contribution in [0.3, 0.4) is 0 Å². The average molecular weight is 282 g/mol. The number of thioether (sulfide) groups is 1. The van der Waals surface area contributed by atoms with Crippen molar-refractivity contribution in [1.82, 2.24) is 10.3 Å². The molecule has 0 spiro atoms. The zero-order valence-corrected chi connectivity index (χ0v) is 12.7. The van der Waals surface area contributed by atoms with Gasteiger partial charge < -0.3 is 5.32 Å². The van der Waals surface area contributed by atoms with Crippen LogP contribution in [0.2, 0.25) is 0 Å². The van der Waals surface area contributed by atoms with Gasteiger partial charge in [0.15, 0.2) is 0 Å². The summed E-state index contributed by atoms with van der Waals surface area (Å²) in [6.07, 6.45) is 6.53. The van der Waals surface area contributed by atoms with Crippen LogP contribution in [0.15, 0.2) is 0 Å². The molecule has 0 amide bonds. The monoisotopic (exact) mass is 282 g/mol. The van der Waals surface area contributed by atoms with Crippen LogP contribution < -0.4 is 5.32 Å². The standard InChI is InChI=1S/C14H22N2S2/c1-2-15-13(10-7-8-17-9-10)14-16-11-5-3-4-6-12(11)18-14/h10,13,15H,2-9H2,1H3. The molecule has 0 bridgehead atoms. The van der Waals surface area contributed by atoms with Crippen molar-refractivity contribution in [3.05, 3.63) is 15.6 Å². The van der Waals surface area contributed by atoms with E-state index in [9.17, 15) is 0 Å². The van der Waals surface area contributed by atoms with Crippen LogP contribution in [-0.4, -0.2) is 23.0 Å². The number of rotatable bonds is 4. The van der Waals surface area contributed by atoms with Crippen molar-refractivity contribution in [2.45, 2.75) is 45.1 Å². The molecule has 1 aliphatic carbocycles. The Labute approximate surface area is 118 Å². The Kier molecular flexibility index (Phi) is 4.27. The van der Waals surface area contributed by atoms with E-state index in [0.29, 0.717) is 6.04 Å². The Morgan fingerprint density at radius 2 is 2.28 bits per heavy atom. The number of hydrogen-bond acceptors (Lipinski definition) is 4. The minimum absolute atomic E-state index is 0.514. The van der Waals surface area contributed by atoms with Crippen molar-refractivity contribution in [3.8, 4) is 0 Å². The maximum Gasteiger partial charge on any atom is 0.110 e. The van der Waals surface area contributed by atoms with Crippen molar-refractivity contribution in [1.29, 1.82) is 0 Å². The summed E-state index contributed by atoms with van der Waals surface area (Å²) in [7, 11) is 0. The van der Waals surface area contributed by atoms with Gasteiger partial charge in [-0.1, -0.05) is 6.92 Å². The van der Waals surface area contributed by atoms with Crippen molar-refractivity contribution in [3.63, 3.8) is 0 Å². The third-order valence-corrected chi connectivity index (χ3v) is 6.42. The highest BCUT2D eigenvalue weighted by Gasteiger charge is 2.29. The Morgan fingerprint density at radius 1 is 1.39 bits per heavy atom.